The summed E-state index contributed by atoms with van der Waals surface area (Å²) in [6.45, 7) is 1.44. The third kappa shape index (κ3) is 2.02. The predicted molar refractivity (Wildman–Crippen MR) is 46.5 cm³/mol. The monoisotopic (exact) mass is 253 g/mol. The van der Waals surface area contributed by atoms with Crippen molar-refractivity contribution in [1.29, 1.82) is 0 Å². The lowest BCUT2D eigenvalue weighted by molar-refractivity contribution is 0.149. The summed E-state index contributed by atoms with van der Waals surface area (Å²) < 4.78 is 37.5. The summed E-state index contributed by atoms with van der Waals surface area (Å²) in [7, 11) is 0. The Hall–Kier alpha value is -0.580. The van der Waals surface area contributed by atoms with E-state index in [0.29, 0.717) is 0 Å². The molecule has 0 aliphatic carbocycles. The Morgan fingerprint density at radius 2 is 2.15 bits per heavy atom. The summed E-state index contributed by atoms with van der Waals surface area (Å²) in [5.41, 5.74) is 0.243. The number of hydrogen-bond acceptors (Lipinski definition) is 1. The van der Waals surface area contributed by atoms with Gasteiger partial charge in [-0.05, 0) is 12.5 Å². The summed E-state index contributed by atoms with van der Waals surface area (Å²) in [6, 6.07) is 0. The first-order valence-corrected chi connectivity index (χ1v) is 4.68. The summed E-state index contributed by atoms with van der Waals surface area (Å²) in [5.74, 6) is -0.696. The summed E-state index contributed by atoms with van der Waals surface area (Å²) in [4.78, 5) is 3.24. The third-order valence-corrected chi connectivity index (χ3v) is 2.36. The van der Waals surface area contributed by atoms with E-state index in [2.05, 4.69) is 20.9 Å². The van der Waals surface area contributed by atoms with Crippen LogP contribution < -0.4 is 0 Å². The highest BCUT2D eigenvalue weighted by Gasteiger charge is 2.16. The van der Waals surface area contributed by atoms with E-state index in [4.69, 9.17) is 0 Å². The molecule has 0 saturated heterocycles. The first-order valence-electron chi connectivity index (χ1n) is 3.56. The molecule has 0 fully saturated rings. The largest absolute Gasteiger partial charge is 0.265 e. The highest BCUT2D eigenvalue weighted by atomic mass is 79.9. The average molecular weight is 254 g/mol. The molecule has 0 bridgehead atoms. The smallest absolute Gasteiger partial charge is 0.228 e. The normalized spacial score (nSPS) is 10.9. The van der Waals surface area contributed by atoms with E-state index in [9.17, 15) is 13.2 Å². The van der Waals surface area contributed by atoms with Crippen LogP contribution in [0.3, 0.4) is 0 Å². The second kappa shape index (κ2) is 4.09. The Bertz CT molecular complexity index is 315. The van der Waals surface area contributed by atoms with Gasteiger partial charge in [0.1, 0.15) is 0 Å². The second-order valence-corrected chi connectivity index (χ2v) is 3.10. The van der Waals surface area contributed by atoms with Crippen molar-refractivity contribution < 1.29 is 13.2 Å². The third-order valence-electron chi connectivity index (χ3n) is 1.80. The molecule has 0 spiro atoms. The van der Waals surface area contributed by atoms with Gasteiger partial charge in [-0.25, -0.2) is 13.8 Å². The van der Waals surface area contributed by atoms with Crippen molar-refractivity contribution >= 4 is 15.9 Å². The van der Waals surface area contributed by atoms with Gasteiger partial charge in [-0.3, -0.25) is 0 Å². The Kier molecular flexibility index (Phi) is 3.30. The van der Waals surface area contributed by atoms with Crippen LogP contribution in [0.1, 0.15) is 23.1 Å². The lowest BCUT2D eigenvalue weighted by Gasteiger charge is -2.08. The van der Waals surface area contributed by atoms with Gasteiger partial charge in [0.2, 0.25) is 5.95 Å². The zero-order valence-electron chi connectivity index (χ0n) is 6.82. The maximum atomic E-state index is 12.8. The number of halogens is 4. The van der Waals surface area contributed by atoms with Crippen LogP contribution in [0.25, 0.3) is 0 Å². The van der Waals surface area contributed by atoms with Crippen molar-refractivity contribution in [2.75, 3.05) is 0 Å². The molecule has 13 heavy (non-hydrogen) atoms. The molecule has 1 rings (SSSR count). The topological polar surface area (TPSA) is 12.9 Å². The Morgan fingerprint density at radius 1 is 1.54 bits per heavy atom. The fourth-order valence-electron chi connectivity index (χ4n) is 1.01. The van der Waals surface area contributed by atoms with Gasteiger partial charge in [-0.1, -0.05) is 15.9 Å². The molecule has 5 heteroatoms. The van der Waals surface area contributed by atoms with E-state index in [1.807, 2.05) is 0 Å². The molecule has 1 aromatic heterocycles. The lowest BCUT2D eigenvalue weighted by Crippen LogP contribution is -2.00. The van der Waals surface area contributed by atoms with Gasteiger partial charge in [-0.2, -0.15) is 4.39 Å². The van der Waals surface area contributed by atoms with Crippen molar-refractivity contribution in [3.63, 3.8) is 0 Å². The van der Waals surface area contributed by atoms with Gasteiger partial charge in [0.05, 0.1) is 0 Å². The van der Waals surface area contributed by atoms with Gasteiger partial charge in [0, 0.05) is 22.7 Å². The lowest BCUT2D eigenvalue weighted by atomic mass is 10.1. The molecule has 0 saturated carbocycles. The number of aromatic nitrogens is 1. The maximum Gasteiger partial charge on any atom is 0.265 e. The molecule has 0 amide bonds. The molecule has 1 nitrogen and oxygen atoms in total. The molecular formula is C8H7BrF3N. The Labute approximate surface area is 82.1 Å². The standard InChI is InChI=1S/C8H7BrF3N/c1-4-5(2-9)6(7(10)11)3-13-8(4)12/h3,7H,2H2,1H3. The van der Waals surface area contributed by atoms with Crippen molar-refractivity contribution in [2.45, 2.75) is 18.7 Å². The van der Waals surface area contributed by atoms with Crippen LogP contribution in [0.5, 0.6) is 0 Å². The highest BCUT2D eigenvalue weighted by molar-refractivity contribution is 9.08. The molecule has 0 aromatic carbocycles. The minimum atomic E-state index is -2.61. The van der Waals surface area contributed by atoms with Gasteiger partial charge < -0.3 is 0 Å². The minimum absolute atomic E-state index is 0.176. The molecule has 0 N–H and O–H groups in total. The van der Waals surface area contributed by atoms with Crippen LogP contribution in [0.4, 0.5) is 13.2 Å². The van der Waals surface area contributed by atoms with E-state index in [1.54, 1.807) is 0 Å². The van der Waals surface area contributed by atoms with Crippen LogP contribution in [-0.2, 0) is 5.33 Å². The van der Waals surface area contributed by atoms with Crippen molar-refractivity contribution in [1.82, 2.24) is 4.98 Å². The first kappa shape index (κ1) is 10.5. The van der Waals surface area contributed by atoms with Gasteiger partial charge >= 0.3 is 0 Å². The quantitative estimate of drug-likeness (QED) is 0.582. The van der Waals surface area contributed by atoms with Gasteiger partial charge in [-0.15, -0.1) is 0 Å². The summed E-state index contributed by atoms with van der Waals surface area (Å²) in [5, 5.41) is 0.206. The average Bonchev–Trinajstić information content (AvgIpc) is 2.09. The maximum absolute atomic E-state index is 12.8. The molecule has 0 unspecified atom stereocenters. The van der Waals surface area contributed by atoms with Gasteiger partial charge in [0.25, 0.3) is 6.43 Å². The zero-order chi connectivity index (χ0) is 10.0. The number of hydrogen-bond donors (Lipinski definition) is 0. The number of alkyl halides is 3. The van der Waals surface area contributed by atoms with Crippen LogP contribution in [-0.4, -0.2) is 4.98 Å². The summed E-state index contributed by atoms with van der Waals surface area (Å²) in [6.07, 6.45) is -1.73. The van der Waals surface area contributed by atoms with Crippen LogP contribution in [0, 0.1) is 12.9 Å². The number of rotatable bonds is 2. The highest BCUT2D eigenvalue weighted by Crippen LogP contribution is 2.26. The Balaban J connectivity index is 3.30. The molecule has 0 aliphatic heterocycles. The second-order valence-electron chi connectivity index (χ2n) is 2.54. The van der Waals surface area contributed by atoms with Crippen molar-refractivity contribution in [3.8, 4) is 0 Å². The van der Waals surface area contributed by atoms with Crippen LogP contribution in [0.2, 0.25) is 0 Å². The predicted octanol–water partition coefficient (Wildman–Crippen LogP) is 3.36. The molecule has 0 radical (unpaired) electrons. The number of nitrogens with zero attached hydrogens (tertiary/aromatic N) is 1. The molecule has 0 aliphatic rings. The Morgan fingerprint density at radius 3 is 2.62 bits per heavy atom. The first-order chi connectivity index (χ1) is 6.07. The van der Waals surface area contributed by atoms with Gasteiger partial charge in [0.15, 0.2) is 0 Å². The van der Waals surface area contributed by atoms with E-state index >= 15 is 0 Å². The van der Waals surface area contributed by atoms with Crippen LogP contribution in [0.15, 0.2) is 6.20 Å². The molecule has 72 valence electrons. The van der Waals surface area contributed by atoms with E-state index in [-0.39, 0.29) is 22.0 Å². The fraction of sp³-hybridized carbons (Fsp3) is 0.375. The fourth-order valence-corrected chi connectivity index (χ4v) is 1.75. The van der Waals surface area contributed by atoms with Crippen molar-refractivity contribution in [2.24, 2.45) is 0 Å². The van der Waals surface area contributed by atoms with Crippen LogP contribution >= 0.6 is 15.9 Å². The molecule has 0 atom stereocenters. The summed E-state index contributed by atoms with van der Waals surface area (Å²) >= 11 is 3.03. The molecular weight excluding hydrogens is 247 g/mol. The number of pyridine rings is 1. The zero-order valence-corrected chi connectivity index (χ0v) is 8.41. The minimum Gasteiger partial charge on any atom is -0.228 e. The van der Waals surface area contributed by atoms with E-state index in [0.717, 1.165) is 6.20 Å². The SMILES string of the molecule is Cc1c(F)ncc(C(F)F)c1CBr. The molecule has 1 heterocycles. The molecule has 1 aromatic rings. The van der Waals surface area contributed by atoms with E-state index in [1.165, 1.54) is 6.92 Å². The van der Waals surface area contributed by atoms with E-state index < -0.39 is 12.4 Å². The van der Waals surface area contributed by atoms with Crippen molar-refractivity contribution in [3.05, 3.63) is 28.8 Å².